The number of hydrogen-bond acceptors (Lipinski definition) is 0. The van der Waals surface area contributed by atoms with Gasteiger partial charge in [0.05, 0.1) is 0 Å². The maximum atomic E-state index is 2.72. The summed E-state index contributed by atoms with van der Waals surface area (Å²) in [6.07, 6.45) is 22.1. The van der Waals surface area contributed by atoms with E-state index in [-0.39, 0.29) is 0 Å². The van der Waals surface area contributed by atoms with Crippen LogP contribution in [0.15, 0.2) is 33.0 Å². The van der Waals surface area contributed by atoms with Gasteiger partial charge in [-0.25, -0.2) is 0 Å². The van der Waals surface area contributed by atoms with Gasteiger partial charge >= 0.3 is 200 Å². The van der Waals surface area contributed by atoms with Crippen molar-refractivity contribution in [3.05, 3.63) is 33.0 Å². The summed E-state index contributed by atoms with van der Waals surface area (Å²) in [5.41, 5.74) is 4.37. The van der Waals surface area contributed by atoms with Crippen molar-refractivity contribution in [2.75, 3.05) is 0 Å². The molecule has 0 N–H and O–H groups in total. The molecule has 3 rings (SSSR count). The zero-order chi connectivity index (χ0) is 22.7. The van der Waals surface area contributed by atoms with E-state index >= 15 is 0 Å². The number of fused-ring (bicyclic) bond motifs is 2. The fourth-order valence-electron chi connectivity index (χ4n) is 7.34. The van der Waals surface area contributed by atoms with Crippen LogP contribution in [0.1, 0.15) is 113 Å². The first-order valence-electron chi connectivity index (χ1n) is 13.8. The fourth-order valence-corrected chi connectivity index (χ4v) is 24.1. The van der Waals surface area contributed by atoms with Crippen LogP contribution in [0.3, 0.4) is 0 Å². The summed E-state index contributed by atoms with van der Waals surface area (Å²) in [7, 11) is 0. The van der Waals surface area contributed by atoms with Gasteiger partial charge in [-0.1, -0.05) is 0 Å². The van der Waals surface area contributed by atoms with E-state index in [1.807, 2.05) is 3.59 Å². The SMILES string of the molecule is CCC[CH2][Sn]([CH2]CCC)([CH2]CCC)[C]1=CC=C2CC3=CC(C)(C)CCC3C(C)(C)C2C1. The molecule has 0 saturated heterocycles. The quantitative estimate of drug-likeness (QED) is 0.194. The van der Waals surface area contributed by atoms with E-state index in [1.165, 1.54) is 64.2 Å². The molecular weight excluding hydrogens is 479 g/mol. The second kappa shape index (κ2) is 10.5. The van der Waals surface area contributed by atoms with Crippen LogP contribution in [0, 0.1) is 22.7 Å². The van der Waals surface area contributed by atoms with Crippen LogP contribution in [-0.4, -0.2) is 18.4 Å². The number of hydrogen-bond donors (Lipinski definition) is 0. The van der Waals surface area contributed by atoms with Crippen molar-refractivity contribution in [1.82, 2.24) is 0 Å². The number of rotatable bonds is 10. The molecule has 0 radical (unpaired) electrons. The van der Waals surface area contributed by atoms with E-state index in [1.54, 1.807) is 24.5 Å². The Hall–Kier alpha value is 0.0187. The van der Waals surface area contributed by atoms with Crippen LogP contribution in [0.4, 0.5) is 0 Å². The Labute approximate surface area is 199 Å². The minimum absolute atomic E-state index is 0.400. The summed E-state index contributed by atoms with van der Waals surface area (Å²) in [5, 5.41) is 0. The molecule has 2 unspecified atom stereocenters. The van der Waals surface area contributed by atoms with E-state index in [4.69, 9.17) is 0 Å². The third kappa shape index (κ3) is 5.57. The minimum atomic E-state index is -2.30. The van der Waals surface area contributed by atoms with Gasteiger partial charge in [-0.2, -0.15) is 0 Å². The summed E-state index contributed by atoms with van der Waals surface area (Å²) in [6.45, 7) is 17.4. The first-order valence-corrected chi connectivity index (χ1v) is 21.3. The molecule has 1 heteroatoms. The molecule has 176 valence electrons. The number of unbranched alkanes of at least 4 members (excludes halogenated alkanes) is 3. The summed E-state index contributed by atoms with van der Waals surface area (Å²) >= 11 is -2.30. The molecule has 1 fully saturated rings. The van der Waals surface area contributed by atoms with Gasteiger partial charge in [0.2, 0.25) is 0 Å². The Morgan fingerprint density at radius 3 is 1.94 bits per heavy atom. The van der Waals surface area contributed by atoms with Gasteiger partial charge in [-0.15, -0.1) is 0 Å². The molecule has 0 aromatic heterocycles. The van der Waals surface area contributed by atoms with Gasteiger partial charge in [0.15, 0.2) is 0 Å². The average Bonchev–Trinajstić information content (AvgIpc) is 2.72. The Kier molecular flexibility index (Phi) is 8.70. The van der Waals surface area contributed by atoms with Crippen LogP contribution in [0.2, 0.25) is 13.3 Å². The zero-order valence-electron chi connectivity index (χ0n) is 22.1. The second-order valence-corrected chi connectivity index (χ2v) is 26.0. The predicted octanol–water partition coefficient (Wildman–Crippen LogP) is 10.0. The molecule has 3 aliphatic carbocycles. The van der Waals surface area contributed by atoms with Crippen LogP contribution >= 0.6 is 0 Å². The Balaban J connectivity index is 1.96. The normalized spacial score (nSPS) is 27.0. The average molecular weight is 531 g/mol. The molecule has 0 aliphatic heterocycles. The van der Waals surface area contributed by atoms with E-state index in [0.717, 1.165) is 11.8 Å². The Bertz CT molecular complexity index is 680. The summed E-state index contributed by atoms with van der Waals surface area (Å²) in [6, 6.07) is 0. The monoisotopic (exact) mass is 532 g/mol. The molecule has 2 atom stereocenters. The van der Waals surface area contributed by atoms with Crippen molar-refractivity contribution in [2.45, 2.75) is 126 Å². The molecule has 0 heterocycles. The third-order valence-electron chi connectivity index (χ3n) is 9.38. The molecule has 0 bridgehead atoms. The van der Waals surface area contributed by atoms with Gasteiger partial charge in [0, 0.05) is 0 Å². The van der Waals surface area contributed by atoms with Crippen molar-refractivity contribution in [3.8, 4) is 0 Å². The third-order valence-corrected chi connectivity index (χ3v) is 25.6. The molecule has 0 amide bonds. The summed E-state index contributed by atoms with van der Waals surface area (Å²) < 4.78 is 6.90. The van der Waals surface area contributed by atoms with E-state index in [9.17, 15) is 0 Å². The standard InChI is InChI=1S/C18H25.3C4H9.Sn/c1-17(2)10-9-16-14(12-17)11-13-7-5-6-8-15(13)18(16,3)4;3*1-3-4-2;/h5,7,12,15-16H,8-11H2,1-4H3;3*1,3-4H2,2H3;. The van der Waals surface area contributed by atoms with Crippen LogP contribution in [-0.2, 0) is 0 Å². The van der Waals surface area contributed by atoms with Gasteiger partial charge in [0.1, 0.15) is 0 Å². The molecule has 0 aromatic carbocycles. The molecular formula is C30H52Sn. The molecule has 0 spiro atoms. The Morgan fingerprint density at radius 1 is 0.806 bits per heavy atom. The van der Waals surface area contributed by atoms with Gasteiger partial charge in [-0.05, 0) is 0 Å². The first kappa shape index (κ1) is 25.6. The van der Waals surface area contributed by atoms with Gasteiger partial charge in [0.25, 0.3) is 0 Å². The molecule has 3 aliphatic rings. The second-order valence-electron chi connectivity index (χ2n) is 12.6. The molecule has 0 nitrogen and oxygen atoms in total. The molecule has 31 heavy (non-hydrogen) atoms. The van der Waals surface area contributed by atoms with Crippen molar-refractivity contribution < 1.29 is 0 Å². The number of allylic oxidation sites excluding steroid dienone is 6. The van der Waals surface area contributed by atoms with Crippen molar-refractivity contribution in [1.29, 1.82) is 0 Å². The van der Waals surface area contributed by atoms with Crippen molar-refractivity contribution >= 4 is 18.4 Å². The first-order chi connectivity index (χ1) is 14.7. The molecule has 0 aromatic rings. The van der Waals surface area contributed by atoms with Crippen LogP contribution in [0.5, 0.6) is 0 Å². The van der Waals surface area contributed by atoms with E-state index in [0.29, 0.717) is 10.8 Å². The van der Waals surface area contributed by atoms with Gasteiger partial charge < -0.3 is 0 Å². The van der Waals surface area contributed by atoms with Crippen LogP contribution in [0.25, 0.3) is 0 Å². The van der Waals surface area contributed by atoms with Crippen LogP contribution < -0.4 is 0 Å². The Morgan fingerprint density at radius 2 is 1.39 bits per heavy atom. The topological polar surface area (TPSA) is 0 Å². The fraction of sp³-hybridized carbons (Fsp3) is 0.800. The van der Waals surface area contributed by atoms with E-state index in [2.05, 4.69) is 66.7 Å². The zero-order valence-corrected chi connectivity index (χ0v) is 24.9. The molecule has 1 saturated carbocycles. The van der Waals surface area contributed by atoms with Crippen molar-refractivity contribution in [3.63, 3.8) is 0 Å². The summed E-state index contributed by atoms with van der Waals surface area (Å²) in [4.78, 5) is 0. The maximum absolute atomic E-state index is 2.72. The van der Waals surface area contributed by atoms with Gasteiger partial charge in [-0.3, -0.25) is 0 Å². The van der Waals surface area contributed by atoms with Crippen molar-refractivity contribution in [2.24, 2.45) is 22.7 Å². The predicted molar refractivity (Wildman–Crippen MR) is 142 cm³/mol. The summed E-state index contributed by atoms with van der Waals surface area (Å²) in [5.74, 6) is 1.62. The van der Waals surface area contributed by atoms with E-state index < -0.39 is 18.4 Å².